The third-order valence-electron chi connectivity index (χ3n) is 5.24. The second-order valence-corrected chi connectivity index (χ2v) is 10.7. The van der Waals surface area contributed by atoms with Gasteiger partial charge >= 0.3 is 0 Å². The van der Waals surface area contributed by atoms with Gasteiger partial charge in [0, 0.05) is 31.5 Å². The minimum atomic E-state index is -0.163. The number of unbranched alkanes of at least 4 members (excludes halogenated alkanes) is 1. The summed E-state index contributed by atoms with van der Waals surface area (Å²) in [5.41, 5.74) is 1.11. The molecule has 0 fully saturated rings. The lowest BCUT2D eigenvalue weighted by molar-refractivity contribution is -0.132. The molecule has 1 unspecified atom stereocenters. The summed E-state index contributed by atoms with van der Waals surface area (Å²) in [6.07, 6.45) is 3.69. The second-order valence-electron chi connectivity index (χ2n) is 9.75. The van der Waals surface area contributed by atoms with Crippen molar-refractivity contribution in [2.75, 3.05) is 25.5 Å². The van der Waals surface area contributed by atoms with E-state index in [1.807, 2.05) is 29.2 Å². The SMILES string of the molecule is CCCCN(CCC(=O)Nc1nnc(-c2ccc(OC)cc2)s1)C(=O)CC(C)CC(C)(C)C. The van der Waals surface area contributed by atoms with E-state index < -0.39 is 0 Å². The van der Waals surface area contributed by atoms with Crippen LogP contribution in [0.2, 0.25) is 0 Å². The van der Waals surface area contributed by atoms with Crippen LogP contribution in [0.4, 0.5) is 5.13 Å². The lowest BCUT2D eigenvalue weighted by Crippen LogP contribution is -2.35. The molecule has 0 saturated heterocycles. The zero-order valence-corrected chi connectivity index (χ0v) is 21.6. The van der Waals surface area contributed by atoms with Crippen LogP contribution in [-0.4, -0.2) is 47.1 Å². The molecule has 33 heavy (non-hydrogen) atoms. The molecule has 8 heteroatoms. The standard InChI is InChI=1S/C25H38N4O3S/c1-7-8-14-29(22(31)16-18(2)17-25(3,4)5)15-13-21(30)26-24-28-27-23(33-24)19-9-11-20(32-6)12-10-19/h9-12,18H,7-8,13-17H2,1-6H3,(H,26,28,30). The monoisotopic (exact) mass is 474 g/mol. The van der Waals surface area contributed by atoms with E-state index in [0.29, 0.717) is 30.6 Å². The second kappa shape index (κ2) is 12.7. The molecule has 1 aromatic heterocycles. The van der Waals surface area contributed by atoms with Crippen molar-refractivity contribution in [3.8, 4) is 16.3 Å². The van der Waals surface area contributed by atoms with Gasteiger partial charge in [0.2, 0.25) is 16.9 Å². The molecular weight excluding hydrogens is 436 g/mol. The maximum absolute atomic E-state index is 12.9. The number of nitrogens with one attached hydrogen (secondary N) is 1. The number of methoxy groups -OCH3 is 1. The molecule has 2 rings (SSSR count). The largest absolute Gasteiger partial charge is 0.497 e. The Morgan fingerprint density at radius 2 is 1.85 bits per heavy atom. The Balaban J connectivity index is 1.90. The van der Waals surface area contributed by atoms with Crippen LogP contribution in [0.25, 0.3) is 10.6 Å². The van der Waals surface area contributed by atoms with E-state index >= 15 is 0 Å². The number of hydrogen-bond donors (Lipinski definition) is 1. The highest BCUT2D eigenvalue weighted by molar-refractivity contribution is 7.18. The highest BCUT2D eigenvalue weighted by atomic mass is 32.1. The summed E-state index contributed by atoms with van der Waals surface area (Å²) >= 11 is 1.32. The average Bonchev–Trinajstić information content (AvgIpc) is 3.20. The number of benzene rings is 1. The van der Waals surface area contributed by atoms with Crippen LogP contribution in [0.3, 0.4) is 0 Å². The number of carbonyl (C=O) groups excluding carboxylic acids is 2. The van der Waals surface area contributed by atoms with Crippen molar-refractivity contribution >= 4 is 28.3 Å². The Bertz CT molecular complexity index is 890. The minimum Gasteiger partial charge on any atom is -0.497 e. The Morgan fingerprint density at radius 1 is 1.15 bits per heavy atom. The van der Waals surface area contributed by atoms with Crippen LogP contribution in [0, 0.1) is 11.3 Å². The number of hydrogen-bond acceptors (Lipinski definition) is 6. The number of aromatic nitrogens is 2. The molecule has 1 aromatic carbocycles. The molecule has 2 amide bonds. The smallest absolute Gasteiger partial charge is 0.227 e. The lowest BCUT2D eigenvalue weighted by Gasteiger charge is -2.27. The summed E-state index contributed by atoms with van der Waals surface area (Å²) in [5.74, 6) is 1.05. The van der Waals surface area contributed by atoms with Crippen LogP contribution < -0.4 is 10.1 Å². The molecule has 0 aliphatic carbocycles. The summed E-state index contributed by atoms with van der Waals surface area (Å²) in [4.78, 5) is 27.3. The van der Waals surface area contributed by atoms with Crippen LogP contribution in [-0.2, 0) is 9.59 Å². The lowest BCUT2D eigenvalue weighted by atomic mass is 9.84. The van der Waals surface area contributed by atoms with Crippen LogP contribution in [0.1, 0.15) is 66.7 Å². The van der Waals surface area contributed by atoms with Crippen molar-refractivity contribution in [1.29, 1.82) is 0 Å². The van der Waals surface area contributed by atoms with Gasteiger partial charge in [0.25, 0.3) is 0 Å². The maximum atomic E-state index is 12.9. The quantitative estimate of drug-likeness (QED) is 0.431. The average molecular weight is 475 g/mol. The Labute approximate surface area is 201 Å². The summed E-state index contributed by atoms with van der Waals surface area (Å²) in [6.45, 7) is 11.9. The van der Waals surface area contributed by atoms with Crippen molar-refractivity contribution in [1.82, 2.24) is 15.1 Å². The van der Waals surface area contributed by atoms with E-state index in [1.165, 1.54) is 11.3 Å². The van der Waals surface area contributed by atoms with Crippen molar-refractivity contribution in [3.05, 3.63) is 24.3 Å². The molecule has 182 valence electrons. The summed E-state index contributed by atoms with van der Waals surface area (Å²) in [7, 11) is 1.62. The fourth-order valence-corrected chi connectivity index (χ4v) is 4.56. The van der Waals surface area contributed by atoms with Gasteiger partial charge in [-0.1, -0.05) is 52.4 Å². The van der Waals surface area contributed by atoms with Gasteiger partial charge in [0.15, 0.2) is 0 Å². The Morgan fingerprint density at radius 3 is 2.45 bits per heavy atom. The van der Waals surface area contributed by atoms with Gasteiger partial charge < -0.3 is 15.0 Å². The number of amides is 2. The first-order chi connectivity index (χ1) is 15.6. The fraction of sp³-hybridized carbons (Fsp3) is 0.600. The van der Waals surface area contributed by atoms with Crippen molar-refractivity contribution in [2.24, 2.45) is 11.3 Å². The molecule has 0 bridgehead atoms. The number of ether oxygens (including phenoxy) is 1. The first-order valence-corrected chi connectivity index (χ1v) is 12.5. The molecule has 0 aliphatic rings. The molecule has 1 heterocycles. The molecular formula is C25H38N4O3S. The number of anilines is 1. The van der Waals surface area contributed by atoms with Gasteiger partial charge in [-0.15, -0.1) is 10.2 Å². The first kappa shape index (κ1) is 26.8. The zero-order valence-electron chi connectivity index (χ0n) is 20.8. The van der Waals surface area contributed by atoms with Gasteiger partial charge in [-0.05, 0) is 48.4 Å². The fourth-order valence-electron chi connectivity index (χ4n) is 3.80. The number of carbonyl (C=O) groups is 2. The number of nitrogens with zero attached hydrogens (tertiary/aromatic N) is 3. The van der Waals surface area contributed by atoms with E-state index in [1.54, 1.807) is 7.11 Å². The van der Waals surface area contributed by atoms with Crippen LogP contribution in [0.15, 0.2) is 24.3 Å². The van der Waals surface area contributed by atoms with Crippen molar-refractivity contribution < 1.29 is 14.3 Å². The highest BCUT2D eigenvalue weighted by Gasteiger charge is 2.21. The Hall–Kier alpha value is -2.48. The molecule has 0 saturated carbocycles. The third kappa shape index (κ3) is 9.50. The van der Waals surface area contributed by atoms with Gasteiger partial charge in [-0.3, -0.25) is 9.59 Å². The summed E-state index contributed by atoms with van der Waals surface area (Å²) < 4.78 is 5.17. The third-order valence-corrected chi connectivity index (χ3v) is 6.12. The predicted octanol–water partition coefficient (Wildman–Crippen LogP) is 5.63. The van der Waals surface area contributed by atoms with Crippen molar-refractivity contribution in [3.63, 3.8) is 0 Å². The molecule has 1 N–H and O–H groups in total. The zero-order chi connectivity index (χ0) is 24.4. The van der Waals surface area contributed by atoms with E-state index in [4.69, 9.17) is 4.74 Å². The van der Waals surface area contributed by atoms with Crippen LogP contribution in [0.5, 0.6) is 5.75 Å². The predicted molar refractivity (Wildman–Crippen MR) is 134 cm³/mol. The summed E-state index contributed by atoms with van der Waals surface area (Å²) in [6, 6.07) is 7.53. The van der Waals surface area contributed by atoms with E-state index in [9.17, 15) is 9.59 Å². The highest BCUT2D eigenvalue weighted by Crippen LogP contribution is 2.28. The van der Waals surface area contributed by atoms with Gasteiger partial charge in [-0.2, -0.15) is 0 Å². The Kier molecular flexibility index (Phi) is 10.3. The molecule has 1 atom stereocenters. The minimum absolute atomic E-state index is 0.130. The van der Waals surface area contributed by atoms with E-state index in [0.717, 1.165) is 35.6 Å². The normalized spacial score (nSPS) is 12.3. The molecule has 7 nitrogen and oxygen atoms in total. The first-order valence-electron chi connectivity index (χ1n) is 11.7. The summed E-state index contributed by atoms with van der Waals surface area (Å²) in [5, 5.41) is 12.3. The molecule has 2 aromatic rings. The van der Waals surface area contributed by atoms with Crippen molar-refractivity contribution in [2.45, 2.75) is 66.7 Å². The topological polar surface area (TPSA) is 84.4 Å². The number of rotatable bonds is 12. The van der Waals surface area contributed by atoms with Gasteiger partial charge in [-0.25, -0.2) is 0 Å². The van der Waals surface area contributed by atoms with E-state index in [2.05, 4.69) is 50.1 Å². The van der Waals surface area contributed by atoms with E-state index in [-0.39, 0.29) is 23.7 Å². The maximum Gasteiger partial charge on any atom is 0.227 e. The van der Waals surface area contributed by atoms with Gasteiger partial charge in [0.1, 0.15) is 10.8 Å². The molecule has 0 radical (unpaired) electrons. The van der Waals surface area contributed by atoms with Gasteiger partial charge in [0.05, 0.1) is 7.11 Å². The molecule has 0 aliphatic heterocycles. The molecule has 0 spiro atoms. The van der Waals surface area contributed by atoms with Crippen LogP contribution >= 0.6 is 11.3 Å².